The first-order chi connectivity index (χ1) is 8.68. The van der Waals surface area contributed by atoms with Gasteiger partial charge in [0, 0.05) is 17.1 Å². The molecule has 2 heterocycles. The molecule has 0 radical (unpaired) electrons. The average Bonchev–Trinajstić information content (AvgIpc) is 2.97. The van der Waals surface area contributed by atoms with Crippen LogP contribution in [0.25, 0.3) is 22.2 Å². The smallest absolute Gasteiger partial charge is 0.271 e. The monoisotopic (exact) mass is 245 g/mol. The van der Waals surface area contributed by atoms with Crippen LogP contribution in [0.4, 0.5) is 4.39 Å². The quantitative estimate of drug-likeness (QED) is 0.632. The summed E-state index contributed by atoms with van der Waals surface area (Å²) in [6.07, 6.45) is 1.61. The number of fused-ring (bicyclic) bond motifs is 1. The van der Waals surface area contributed by atoms with Crippen LogP contribution in [0.3, 0.4) is 0 Å². The molecular formula is C11H8FN5O. The molecule has 18 heavy (non-hydrogen) atoms. The van der Waals surface area contributed by atoms with Crippen LogP contribution in [0.2, 0.25) is 0 Å². The van der Waals surface area contributed by atoms with Crippen LogP contribution in [0, 0.1) is 5.82 Å². The Kier molecular flexibility index (Phi) is 2.12. The van der Waals surface area contributed by atoms with Crippen molar-refractivity contribution in [1.82, 2.24) is 20.4 Å². The lowest BCUT2D eigenvalue weighted by Crippen LogP contribution is -2.12. The van der Waals surface area contributed by atoms with E-state index in [0.29, 0.717) is 22.2 Å². The van der Waals surface area contributed by atoms with Crippen molar-refractivity contribution in [1.29, 1.82) is 0 Å². The van der Waals surface area contributed by atoms with Crippen molar-refractivity contribution in [3.63, 3.8) is 0 Å². The van der Waals surface area contributed by atoms with Gasteiger partial charge in [0.25, 0.3) is 5.91 Å². The first-order valence-electron chi connectivity index (χ1n) is 5.15. The molecule has 0 aliphatic carbocycles. The minimum Gasteiger partial charge on any atom is -0.364 e. The maximum atomic E-state index is 13.5. The highest BCUT2D eigenvalue weighted by molar-refractivity contribution is 6.01. The number of nitrogens with two attached hydrogens (primary N) is 1. The molecule has 0 aliphatic rings. The maximum Gasteiger partial charge on any atom is 0.271 e. The highest BCUT2D eigenvalue weighted by atomic mass is 19.1. The summed E-state index contributed by atoms with van der Waals surface area (Å²) >= 11 is 0. The van der Waals surface area contributed by atoms with Crippen LogP contribution in [0.15, 0.2) is 24.4 Å². The second-order valence-corrected chi connectivity index (χ2v) is 3.75. The van der Waals surface area contributed by atoms with Gasteiger partial charge in [-0.3, -0.25) is 4.79 Å². The van der Waals surface area contributed by atoms with E-state index in [0.717, 1.165) is 0 Å². The third-order valence-electron chi connectivity index (χ3n) is 2.71. The number of carbonyl (C=O) groups is 1. The summed E-state index contributed by atoms with van der Waals surface area (Å²) in [7, 11) is 0. The Hall–Kier alpha value is -2.70. The number of halogens is 1. The van der Waals surface area contributed by atoms with Crippen molar-refractivity contribution in [3.8, 4) is 11.3 Å². The van der Waals surface area contributed by atoms with Gasteiger partial charge in [0.2, 0.25) is 0 Å². The zero-order valence-electron chi connectivity index (χ0n) is 9.07. The van der Waals surface area contributed by atoms with Crippen LogP contribution >= 0.6 is 0 Å². The third kappa shape index (κ3) is 1.37. The van der Waals surface area contributed by atoms with Gasteiger partial charge in [-0.05, 0) is 18.2 Å². The number of hydrogen-bond acceptors (Lipinski definition) is 3. The van der Waals surface area contributed by atoms with E-state index in [2.05, 4.69) is 20.4 Å². The molecule has 0 unspecified atom stereocenters. The Balaban J connectivity index is 2.32. The molecule has 90 valence electrons. The Morgan fingerprint density at radius 1 is 1.28 bits per heavy atom. The molecule has 0 fully saturated rings. The molecule has 0 spiro atoms. The number of nitrogens with one attached hydrogen (secondary N) is 2. The summed E-state index contributed by atoms with van der Waals surface area (Å²) in [5, 5.41) is 10.3. The molecule has 2 aromatic heterocycles. The Bertz CT molecular complexity index is 745. The number of nitrogens with zero attached hydrogens (tertiary/aromatic N) is 2. The van der Waals surface area contributed by atoms with Crippen molar-refractivity contribution < 1.29 is 9.18 Å². The molecule has 3 aromatic rings. The molecule has 1 amide bonds. The largest absolute Gasteiger partial charge is 0.364 e. The van der Waals surface area contributed by atoms with E-state index in [-0.39, 0.29) is 11.5 Å². The summed E-state index contributed by atoms with van der Waals surface area (Å²) in [5.41, 5.74) is 6.64. The third-order valence-corrected chi connectivity index (χ3v) is 2.71. The Morgan fingerprint density at radius 2 is 2.11 bits per heavy atom. The predicted octanol–water partition coefficient (Wildman–Crippen LogP) is 1.19. The van der Waals surface area contributed by atoms with E-state index >= 15 is 0 Å². The highest BCUT2D eigenvalue weighted by Crippen LogP contribution is 2.29. The average molecular weight is 245 g/mol. The summed E-state index contributed by atoms with van der Waals surface area (Å²) in [4.78, 5) is 14.1. The Morgan fingerprint density at radius 3 is 2.89 bits per heavy atom. The molecule has 0 saturated heterocycles. The fourth-order valence-electron chi connectivity index (χ4n) is 1.91. The first kappa shape index (κ1) is 10.5. The second-order valence-electron chi connectivity index (χ2n) is 3.75. The van der Waals surface area contributed by atoms with E-state index in [1.807, 2.05) is 0 Å². The highest BCUT2D eigenvalue weighted by Gasteiger charge is 2.18. The summed E-state index contributed by atoms with van der Waals surface area (Å²) in [6.45, 7) is 0. The molecule has 0 aliphatic heterocycles. The summed E-state index contributed by atoms with van der Waals surface area (Å²) in [6, 6.07) is 4.45. The number of benzene rings is 1. The number of rotatable bonds is 2. The van der Waals surface area contributed by atoms with E-state index in [4.69, 9.17) is 5.73 Å². The lowest BCUT2D eigenvalue weighted by Gasteiger charge is -2.01. The minimum atomic E-state index is -0.692. The molecule has 6 nitrogen and oxygen atoms in total. The molecule has 0 bridgehead atoms. The van der Waals surface area contributed by atoms with Crippen LogP contribution in [0.5, 0.6) is 0 Å². The lowest BCUT2D eigenvalue weighted by atomic mass is 10.1. The molecule has 7 heteroatoms. The fraction of sp³-hybridized carbons (Fsp3) is 0. The topological polar surface area (TPSA) is 100 Å². The van der Waals surface area contributed by atoms with Gasteiger partial charge in [-0.2, -0.15) is 15.4 Å². The van der Waals surface area contributed by atoms with Crippen LogP contribution in [-0.4, -0.2) is 26.3 Å². The van der Waals surface area contributed by atoms with Crippen molar-refractivity contribution >= 4 is 16.8 Å². The minimum absolute atomic E-state index is 0.0255. The zero-order chi connectivity index (χ0) is 12.7. The van der Waals surface area contributed by atoms with E-state index in [1.54, 1.807) is 12.3 Å². The van der Waals surface area contributed by atoms with Crippen molar-refractivity contribution in [2.45, 2.75) is 0 Å². The number of carbonyl (C=O) groups excluding carboxylic acids is 1. The molecule has 1 aromatic carbocycles. The number of H-pyrrole nitrogens is 2. The SMILES string of the molecule is NC(=O)c1n[nH]nc1-c1ccc(F)c2cc[nH]c12. The summed E-state index contributed by atoms with van der Waals surface area (Å²) < 4.78 is 13.5. The first-order valence-corrected chi connectivity index (χ1v) is 5.15. The lowest BCUT2D eigenvalue weighted by molar-refractivity contribution is 0.0996. The standard InChI is InChI=1S/C11H8FN5O/c12-7-2-1-6(8-5(7)3-4-14-8)9-10(11(13)18)16-17-15-9/h1-4,14H,(H2,13,18)(H,15,16,17). The molecule has 3 rings (SSSR count). The van der Waals surface area contributed by atoms with Gasteiger partial charge in [-0.1, -0.05) is 0 Å². The molecule has 0 atom stereocenters. The zero-order valence-corrected chi connectivity index (χ0v) is 9.07. The van der Waals surface area contributed by atoms with Gasteiger partial charge < -0.3 is 10.7 Å². The normalized spacial score (nSPS) is 10.9. The van der Waals surface area contributed by atoms with Gasteiger partial charge in [0.15, 0.2) is 5.69 Å². The van der Waals surface area contributed by atoms with Gasteiger partial charge in [-0.15, -0.1) is 0 Å². The number of primary amides is 1. The molecule has 0 saturated carbocycles. The second kappa shape index (κ2) is 3.66. The van der Waals surface area contributed by atoms with Crippen molar-refractivity contribution in [2.75, 3.05) is 0 Å². The van der Waals surface area contributed by atoms with Gasteiger partial charge >= 0.3 is 0 Å². The van der Waals surface area contributed by atoms with Gasteiger partial charge in [0.05, 0.1) is 5.52 Å². The summed E-state index contributed by atoms with van der Waals surface area (Å²) in [5.74, 6) is -1.04. The number of aromatic nitrogens is 4. The number of aromatic amines is 2. The number of amides is 1. The van der Waals surface area contributed by atoms with Crippen LogP contribution in [-0.2, 0) is 0 Å². The Labute approximate surface area is 100.0 Å². The molecule has 4 N–H and O–H groups in total. The van der Waals surface area contributed by atoms with Gasteiger partial charge in [-0.25, -0.2) is 4.39 Å². The fourth-order valence-corrected chi connectivity index (χ4v) is 1.91. The maximum absolute atomic E-state index is 13.5. The van der Waals surface area contributed by atoms with Crippen molar-refractivity contribution in [2.24, 2.45) is 5.73 Å². The van der Waals surface area contributed by atoms with E-state index < -0.39 is 5.91 Å². The molecular weight excluding hydrogens is 237 g/mol. The van der Waals surface area contributed by atoms with E-state index in [1.165, 1.54) is 12.1 Å². The number of hydrogen-bond donors (Lipinski definition) is 3. The predicted molar refractivity (Wildman–Crippen MR) is 62.2 cm³/mol. The van der Waals surface area contributed by atoms with Crippen LogP contribution in [0.1, 0.15) is 10.5 Å². The van der Waals surface area contributed by atoms with Crippen molar-refractivity contribution in [3.05, 3.63) is 35.9 Å². The van der Waals surface area contributed by atoms with Crippen LogP contribution < -0.4 is 5.73 Å². The van der Waals surface area contributed by atoms with E-state index in [9.17, 15) is 9.18 Å². The van der Waals surface area contributed by atoms with Gasteiger partial charge in [0.1, 0.15) is 11.5 Å².